The molecule has 0 saturated carbocycles. The number of carbonyl (C=O) groups excluding carboxylic acids is 2. The van der Waals surface area contributed by atoms with Crippen LogP contribution in [-0.4, -0.2) is 41.5 Å². The Kier molecular flexibility index (Phi) is 5.18. The van der Waals surface area contributed by atoms with Gasteiger partial charge in [0.05, 0.1) is 6.67 Å². The zero-order valence-electron chi connectivity index (χ0n) is 16.3. The van der Waals surface area contributed by atoms with E-state index in [9.17, 15) is 9.59 Å². The first kappa shape index (κ1) is 18.7. The van der Waals surface area contributed by atoms with Crippen LogP contribution < -0.4 is 5.32 Å². The highest BCUT2D eigenvalue weighted by Crippen LogP contribution is 2.29. The molecule has 0 aliphatic carbocycles. The van der Waals surface area contributed by atoms with E-state index in [-0.39, 0.29) is 11.9 Å². The van der Waals surface area contributed by atoms with E-state index in [0.717, 1.165) is 37.9 Å². The molecule has 2 heterocycles. The summed E-state index contributed by atoms with van der Waals surface area (Å²) in [5.74, 6) is 0.492. The number of hydrogen-bond acceptors (Lipinski definition) is 3. The van der Waals surface area contributed by atoms with E-state index in [1.165, 1.54) is 10.5 Å². The first-order chi connectivity index (χ1) is 13.6. The predicted molar refractivity (Wildman–Crippen MR) is 108 cm³/mol. The number of carbonyl (C=O) groups is 2. The minimum Gasteiger partial charge on any atom is -0.319 e. The van der Waals surface area contributed by atoms with E-state index in [0.29, 0.717) is 12.6 Å². The summed E-state index contributed by atoms with van der Waals surface area (Å²) in [5.41, 5.74) is 1.22. The first-order valence-electron chi connectivity index (χ1n) is 10.0. The lowest BCUT2D eigenvalue weighted by atomic mass is 9.90. The van der Waals surface area contributed by atoms with Gasteiger partial charge in [-0.2, -0.15) is 0 Å². The number of rotatable bonds is 5. The molecule has 1 atom stereocenters. The van der Waals surface area contributed by atoms with Gasteiger partial charge in [0, 0.05) is 13.1 Å². The first-order valence-corrected chi connectivity index (χ1v) is 10.0. The lowest BCUT2D eigenvalue weighted by Gasteiger charge is -2.34. The monoisotopic (exact) mass is 377 g/mol. The summed E-state index contributed by atoms with van der Waals surface area (Å²) < 4.78 is 0. The van der Waals surface area contributed by atoms with E-state index in [2.05, 4.69) is 34.5 Å². The molecule has 2 fully saturated rings. The van der Waals surface area contributed by atoms with E-state index < -0.39 is 5.54 Å². The summed E-state index contributed by atoms with van der Waals surface area (Å²) in [6.07, 6.45) is 3.28. The van der Waals surface area contributed by atoms with Gasteiger partial charge >= 0.3 is 6.03 Å². The Morgan fingerprint density at radius 3 is 2.21 bits per heavy atom. The third-order valence-electron chi connectivity index (χ3n) is 6.04. The maximum atomic E-state index is 13.0. The molecule has 3 amide bonds. The smallest absolute Gasteiger partial charge is 0.319 e. The number of nitrogens with one attached hydrogen (secondary N) is 1. The van der Waals surface area contributed by atoms with Crippen molar-refractivity contribution >= 4 is 11.9 Å². The van der Waals surface area contributed by atoms with E-state index in [1.54, 1.807) is 6.92 Å². The van der Waals surface area contributed by atoms with Crippen LogP contribution in [0.5, 0.6) is 0 Å². The SMILES string of the molecule is C[C@]1(c2ccccc2)NC(=O)N(CN2CCC(Cc3ccccc3)CC2)C1=O. The topological polar surface area (TPSA) is 52.7 Å². The average Bonchev–Trinajstić information content (AvgIpc) is 2.95. The summed E-state index contributed by atoms with van der Waals surface area (Å²) in [6.45, 7) is 3.98. The number of benzene rings is 2. The largest absolute Gasteiger partial charge is 0.326 e. The Morgan fingerprint density at radius 2 is 1.57 bits per heavy atom. The van der Waals surface area contributed by atoms with Gasteiger partial charge in [0.15, 0.2) is 0 Å². The number of imide groups is 1. The van der Waals surface area contributed by atoms with Gasteiger partial charge in [-0.3, -0.25) is 9.69 Å². The molecule has 1 N–H and O–H groups in total. The van der Waals surface area contributed by atoms with Crippen molar-refractivity contribution in [3.63, 3.8) is 0 Å². The van der Waals surface area contributed by atoms with Crippen LogP contribution in [0, 0.1) is 5.92 Å². The molecule has 5 nitrogen and oxygen atoms in total. The van der Waals surface area contributed by atoms with Crippen LogP contribution in [0.2, 0.25) is 0 Å². The van der Waals surface area contributed by atoms with E-state index in [1.807, 2.05) is 36.4 Å². The Morgan fingerprint density at radius 1 is 0.964 bits per heavy atom. The van der Waals surface area contributed by atoms with Gasteiger partial charge in [-0.05, 0) is 43.2 Å². The van der Waals surface area contributed by atoms with Crippen LogP contribution in [0.4, 0.5) is 4.79 Å². The standard InChI is InChI=1S/C23H27N3O2/c1-23(20-10-6-3-7-11-20)21(27)26(22(28)24-23)17-25-14-12-19(13-15-25)16-18-8-4-2-5-9-18/h2-11,19H,12-17H2,1H3,(H,24,28)/t23-/m1/s1. The minimum absolute atomic E-state index is 0.171. The van der Waals surface area contributed by atoms with Crippen molar-refractivity contribution in [2.45, 2.75) is 31.7 Å². The van der Waals surface area contributed by atoms with Gasteiger partial charge in [-0.1, -0.05) is 60.7 Å². The molecule has 0 unspecified atom stereocenters. The van der Waals surface area contributed by atoms with E-state index >= 15 is 0 Å². The molecule has 0 bridgehead atoms. The molecule has 4 rings (SSSR count). The minimum atomic E-state index is -0.982. The highest BCUT2D eigenvalue weighted by atomic mass is 16.2. The number of nitrogens with zero attached hydrogens (tertiary/aromatic N) is 2. The Bertz CT molecular complexity index is 831. The molecular weight excluding hydrogens is 350 g/mol. The Hall–Kier alpha value is -2.66. The fourth-order valence-corrected chi connectivity index (χ4v) is 4.27. The molecule has 2 aromatic rings. The lowest BCUT2D eigenvalue weighted by molar-refractivity contribution is -0.132. The van der Waals surface area contributed by atoms with E-state index in [4.69, 9.17) is 0 Å². The second-order valence-corrected chi connectivity index (χ2v) is 8.05. The number of piperidine rings is 1. The molecule has 2 aliphatic rings. The zero-order valence-corrected chi connectivity index (χ0v) is 16.3. The van der Waals surface area contributed by atoms with Crippen molar-refractivity contribution in [1.29, 1.82) is 0 Å². The second kappa shape index (κ2) is 7.76. The highest BCUT2D eigenvalue weighted by Gasteiger charge is 2.49. The summed E-state index contributed by atoms with van der Waals surface area (Å²) in [7, 11) is 0. The Labute approximate surface area is 166 Å². The summed E-state index contributed by atoms with van der Waals surface area (Å²) >= 11 is 0. The van der Waals surface area contributed by atoms with Gasteiger partial charge in [-0.15, -0.1) is 0 Å². The molecule has 2 aliphatic heterocycles. The maximum Gasteiger partial charge on any atom is 0.326 e. The number of amides is 3. The summed E-state index contributed by atoms with van der Waals surface area (Å²) in [6, 6.07) is 19.8. The molecule has 146 valence electrons. The van der Waals surface area contributed by atoms with Gasteiger partial charge < -0.3 is 5.32 Å². The molecule has 0 spiro atoms. The van der Waals surface area contributed by atoms with Crippen LogP contribution in [0.25, 0.3) is 0 Å². The molecule has 5 heteroatoms. The van der Waals surface area contributed by atoms with Crippen molar-refractivity contribution in [1.82, 2.24) is 15.1 Å². The van der Waals surface area contributed by atoms with Crippen molar-refractivity contribution in [3.8, 4) is 0 Å². The van der Waals surface area contributed by atoms with Crippen molar-refractivity contribution in [2.75, 3.05) is 19.8 Å². The van der Waals surface area contributed by atoms with Crippen molar-refractivity contribution in [3.05, 3.63) is 71.8 Å². The maximum absolute atomic E-state index is 13.0. The normalized spacial score (nSPS) is 23.8. The molecule has 28 heavy (non-hydrogen) atoms. The third-order valence-corrected chi connectivity index (χ3v) is 6.04. The predicted octanol–water partition coefficient (Wildman–Crippen LogP) is 3.37. The molecule has 0 radical (unpaired) electrons. The number of urea groups is 1. The number of likely N-dealkylation sites (tertiary alicyclic amines) is 1. The quantitative estimate of drug-likeness (QED) is 0.813. The second-order valence-electron chi connectivity index (χ2n) is 8.05. The summed E-state index contributed by atoms with van der Waals surface area (Å²) in [5, 5.41) is 2.89. The fourth-order valence-electron chi connectivity index (χ4n) is 4.27. The fraction of sp³-hybridized carbons (Fsp3) is 0.391. The van der Waals surface area contributed by atoms with Crippen LogP contribution in [0.3, 0.4) is 0 Å². The number of hydrogen-bond donors (Lipinski definition) is 1. The van der Waals surface area contributed by atoms with Crippen LogP contribution in [0.1, 0.15) is 30.9 Å². The molecular formula is C23H27N3O2. The van der Waals surface area contributed by atoms with Crippen molar-refractivity contribution < 1.29 is 9.59 Å². The highest BCUT2D eigenvalue weighted by molar-refractivity contribution is 6.07. The van der Waals surface area contributed by atoms with Gasteiger partial charge in [0.1, 0.15) is 5.54 Å². The lowest BCUT2D eigenvalue weighted by Crippen LogP contribution is -2.46. The van der Waals surface area contributed by atoms with Gasteiger partial charge in [-0.25, -0.2) is 9.69 Å². The van der Waals surface area contributed by atoms with Crippen molar-refractivity contribution in [2.24, 2.45) is 5.92 Å². The molecule has 2 saturated heterocycles. The average molecular weight is 377 g/mol. The van der Waals surface area contributed by atoms with Gasteiger partial charge in [0.2, 0.25) is 0 Å². The van der Waals surface area contributed by atoms with Gasteiger partial charge in [0.25, 0.3) is 5.91 Å². The van der Waals surface area contributed by atoms with Crippen LogP contribution in [-0.2, 0) is 16.8 Å². The molecule has 2 aromatic carbocycles. The third kappa shape index (κ3) is 3.67. The molecule has 0 aromatic heterocycles. The van der Waals surface area contributed by atoms with Crippen LogP contribution in [0.15, 0.2) is 60.7 Å². The van der Waals surface area contributed by atoms with Crippen LogP contribution >= 0.6 is 0 Å². The summed E-state index contributed by atoms with van der Waals surface area (Å²) in [4.78, 5) is 29.1. The Balaban J connectivity index is 1.35. The zero-order chi connectivity index (χ0) is 19.6.